The second kappa shape index (κ2) is 22.8. The number of nitrogens with one attached hydrogen (secondary N) is 3. The standard InChI is InChI=1S/C73H96N4O9/c1-5-45-14-20-53-54(13-10-31-78)66-68(25-6-7-26-68)28-29-72(66)52-36-59(77-67(75-3)76-30-9-12-51-11-8-27-71(51,63(81)23-21-56(72)55(53)33-45)38-46-15-22-60(80)61(34-46)83-4)65-62(37-52)85-70(44-74-2)40-58-47(24-32-84-65)16-18-49-39-69(58,42-70)43-73(82)57(49)35-48-17-19-50(41-79)64(48)86-73/h15-16,18,21-23,34,36-37,45,47-51,53-58,64,66,74,78-80,82H,5-8,10-14,17,19-20,25-29,31,33,35,38-44H2,1-4H3,(H2,75,76,77)/b23-21+/t45-,47-,48-,49+,50+,51-,53+,54+,55-,56+,57-,58+,64+,66-,69+,70+,71-,72+,73+/m0/s1. The molecule has 9 fully saturated rings. The van der Waals surface area contributed by atoms with Gasteiger partial charge in [-0.3, -0.25) is 15.1 Å². The maximum atomic E-state index is 16.2. The lowest BCUT2D eigenvalue weighted by Crippen LogP contribution is -2.60. The quantitative estimate of drug-likeness (QED) is 0.0884. The largest absolute Gasteiger partial charge is 0.504 e. The molecule has 3 aliphatic heterocycles. The number of anilines is 1. The summed E-state index contributed by atoms with van der Waals surface area (Å²) in [5.41, 5.74) is 0.709. The highest BCUT2D eigenvalue weighted by Crippen LogP contribution is 2.75. The number of hydrogen-bond donors (Lipinski definition) is 7. The third kappa shape index (κ3) is 9.49. The minimum Gasteiger partial charge on any atom is -0.504 e. The van der Waals surface area contributed by atoms with Gasteiger partial charge in [0.15, 0.2) is 28.8 Å². The molecule has 13 nitrogen and oxygen atoms in total. The minimum absolute atomic E-state index is 0.00663. The summed E-state index contributed by atoms with van der Waals surface area (Å²) in [6.07, 6.45) is 34.9. The Morgan fingerprint density at radius 1 is 0.919 bits per heavy atom. The van der Waals surface area contributed by atoms with Crippen LogP contribution in [-0.2, 0) is 21.4 Å². The zero-order valence-electron chi connectivity index (χ0n) is 51.6. The highest BCUT2D eigenvalue weighted by Gasteiger charge is 2.70. The van der Waals surface area contributed by atoms with Crippen LogP contribution in [0.2, 0.25) is 0 Å². The van der Waals surface area contributed by atoms with Crippen molar-refractivity contribution in [3.05, 3.63) is 65.8 Å². The number of aliphatic hydroxyl groups excluding tert-OH is 2. The van der Waals surface area contributed by atoms with Crippen LogP contribution in [0.15, 0.2) is 59.6 Å². The number of rotatable bonds is 10. The maximum absolute atomic E-state index is 16.2. The van der Waals surface area contributed by atoms with Crippen molar-refractivity contribution < 1.29 is 44.2 Å². The molecule has 19 atom stereocenters. The van der Waals surface area contributed by atoms with Gasteiger partial charge in [0.05, 0.1) is 18.9 Å². The first-order valence-electron chi connectivity index (χ1n) is 33.8. The summed E-state index contributed by atoms with van der Waals surface area (Å²) in [5.74, 6) is 10.5. The predicted octanol–water partition coefficient (Wildman–Crippen LogP) is 11.4. The van der Waals surface area contributed by atoms with Crippen molar-refractivity contribution in [3.63, 3.8) is 0 Å². The normalized spacial score (nSPS) is 42.8. The van der Waals surface area contributed by atoms with Gasteiger partial charge in [0, 0.05) is 74.3 Å². The van der Waals surface area contributed by atoms with Gasteiger partial charge in [0.25, 0.3) is 0 Å². The monoisotopic (exact) mass is 1170 g/mol. The van der Waals surface area contributed by atoms with Crippen LogP contribution in [0.5, 0.6) is 23.0 Å². The molecule has 12 aliphatic rings. The van der Waals surface area contributed by atoms with Gasteiger partial charge in [-0.25, -0.2) is 0 Å². The first-order valence-corrected chi connectivity index (χ1v) is 33.8. The Labute approximate surface area is 511 Å². The summed E-state index contributed by atoms with van der Waals surface area (Å²) in [5, 5.41) is 56.2. The number of likely N-dealkylation sites (N-methyl/N-ethyl adjacent to an activating group) is 1. The van der Waals surface area contributed by atoms with Crippen LogP contribution in [0.25, 0.3) is 0 Å². The second-order valence-corrected chi connectivity index (χ2v) is 29.9. The fourth-order valence-electron chi connectivity index (χ4n) is 22.9. The number of phenols is 1. The maximum Gasteiger partial charge on any atom is 0.207 e. The molecule has 2 aromatic rings. The van der Waals surface area contributed by atoms with E-state index < -0.39 is 22.2 Å². The van der Waals surface area contributed by atoms with Crippen molar-refractivity contribution in [2.75, 3.05) is 46.3 Å². The topological polar surface area (TPSA) is 183 Å². The van der Waals surface area contributed by atoms with E-state index in [-0.39, 0.29) is 89.0 Å². The summed E-state index contributed by atoms with van der Waals surface area (Å²) in [6.45, 7) is 3.18. The van der Waals surface area contributed by atoms with Crippen LogP contribution in [0.3, 0.4) is 0 Å². The average molecular weight is 1170 g/mol. The Morgan fingerprint density at radius 2 is 1.79 bits per heavy atom. The van der Waals surface area contributed by atoms with Crippen LogP contribution >= 0.6 is 0 Å². The van der Waals surface area contributed by atoms with E-state index in [1.165, 1.54) is 44.1 Å². The number of phenolic OH excluding ortho intramolecular Hbond substituents is 1. The Hall–Kier alpha value is -5.02. The van der Waals surface area contributed by atoms with Crippen LogP contribution in [-0.4, -0.2) is 90.6 Å². The number of nitrogens with zero attached hydrogens (tertiary/aromatic N) is 1. The predicted molar refractivity (Wildman–Crippen MR) is 332 cm³/mol. The van der Waals surface area contributed by atoms with Gasteiger partial charge in [0.2, 0.25) is 11.7 Å². The Bertz CT molecular complexity index is 3150. The molecule has 2 aromatic carbocycles. The highest BCUT2D eigenvalue weighted by molar-refractivity contribution is 5.97. The van der Waals surface area contributed by atoms with Crippen molar-refractivity contribution in [2.45, 2.75) is 184 Å². The van der Waals surface area contributed by atoms with E-state index in [0.717, 1.165) is 95.5 Å². The summed E-state index contributed by atoms with van der Waals surface area (Å²) in [4.78, 5) is 21.0. The zero-order chi connectivity index (χ0) is 59.2. The van der Waals surface area contributed by atoms with E-state index in [1.54, 1.807) is 20.2 Å². The SMILES string of the molecule is CC[C@H]1CC[C@@H]2[C@@H](CCCO)[C@H]3C4(CCCC4)CC[C@]34c3cc(c5c(c3)O[C@]3(CNC)C[C@@H]6[C@H](C#CO5)C=C[C@@H]5C[C@@]6(C3)C[C@@]3(O)O[C@H]6[C@@H](CO)CC[C@H]6C[C@@H]53)NC(=NC)NC#CC[C@@H]3CCC[C@@]3(Cc3ccc(O)c(OC)c3)C(=O)/C=C/[C@@H]4[C@H]2C1. The number of carbonyl (C=O) groups is 1. The van der Waals surface area contributed by atoms with Crippen LogP contribution < -0.4 is 30.2 Å². The molecule has 0 radical (unpaired) electrons. The molecule has 8 saturated carbocycles. The molecule has 13 heteroatoms. The van der Waals surface area contributed by atoms with E-state index in [0.29, 0.717) is 90.7 Å². The fraction of sp³-hybridized carbons (Fsp3) is 0.699. The van der Waals surface area contributed by atoms with Crippen LogP contribution in [0, 0.1) is 117 Å². The third-order valence-corrected chi connectivity index (χ3v) is 26.1. The summed E-state index contributed by atoms with van der Waals surface area (Å²) in [6, 6.07) is 13.6. The molecule has 14 rings (SSSR count). The van der Waals surface area contributed by atoms with Gasteiger partial charge >= 0.3 is 0 Å². The Morgan fingerprint density at radius 3 is 2.59 bits per heavy atom. The second-order valence-electron chi connectivity index (χ2n) is 29.9. The Kier molecular flexibility index (Phi) is 15.5. The van der Waals surface area contributed by atoms with Gasteiger partial charge in [-0.1, -0.05) is 75.2 Å². The molecule has 3 heterocycles. The molecule has 6 bridgehead atoms. The minimum atomic E-state index is -1.34. The number of allylic oxidation sites excluding steroid dienone is 4. The summed E-state index contributed by atoms with van der Waals surface area (Å²) in [7, 11) is 5.38. The number of aliphatic imine (C=N–C) groups is 1. The molecule has 0 unspecified atom stereocenters. The van der Waals surface area contributed by atoms with E-state index in [9.17, 15) is 20.4 Å². The van der Waals surface area contributed by atoms with Crippen molar-refractivity contribution in [1.29, 1.82) is 0 Å². The van der Waals surface area contributed by atoms with Crippen LogP contribution in [0.1, 0.15) is 166 Å². The molecule has 0 aromatic heterocycles. The number of aliphatic hydroxyl groups is 3. The number of aromatic hydroxyl groups is 1. The van der Waals surface area contributed by atoms with Gasteiger partial charge in [-0.2, -0.15) is 0 Å². The molecule has 86 heavy (non-hydrogen) atoms. The van der Waals surface area contributed by atoms with E-state index in [1.807, 2.05) is 19.2 Å². The van der Waals surface area contributed by atoms with Gasteiger partial charge < -0.3 is 50.0 Å². The summed E-state index contributed by atoms with van der Waals surface area (Å²) >= 11 is 0. The van der Waals surface area contributed by atoms with E-state index in [2.05, 4.69) is 83.3 Å². The molecular weight excluding hydrogens is 1080 g/mol. The van der Waals surface area contributed by atoms with Gasteiger partial charge in [-0.05, 0) is 228 Å². The van der Waals surface area contributed by atoms with E-state index in [4.69, 9.17) is 23.9 Å². The zero-order valence-corrected chi connectivity index (χ0v) is 51.6. The van der Waals surface area contributed by atoms with E-state index >= 15 is 4.79 Å². The van der Waals surface area contributed by atoms with Gasteiger partial charge in [-0.15, -0.1) is 0 Å². The molecule has 1 saturated heterocycles. The summed E-state index contributed by atoms with van der Waals surface area (Å²) < 4.78 is 27.8. The first kappa shape index (κ1) is 58.7. The van der Waals surface area contributed by atoms with Crippen LogP contribution in [0.4, 0.5) is 5.69 Å². The smallest absolute Gasteiger partial charge is 0.207 e. The molecule has 462 valence electrons. The fourth-order valence-corrected chi connectivity index (χ4v) is 22.9. The lowest BCUT2D eigenvalue weighted by molar-refractivity contribution is -0.335. The van der Waals surface area contributed by atoms with Gasteiger partial charge in [0.1, 0.15) is 11.7 Å². The number of ketones is 1. The average Bonchev–Trinajstić information content (AvgIpc) is 1.45. The molecular formula is C73H96N4O9. The van der Waals surface area contributed by atoms with Crippen molar-refractivity contribution in [2.24, 2.45) is 98.2 Å². The number of ether oxygens (including phenoxy) is 4. The van der Waals surface area contributed by atoms with Crippen molar-refractivity contribution in [3.8, 4) is 47.0 Å². The molecule has 3 spiro atoms. The highest BCUT2D eigenvalue weighted by atomic mass is 16.6. The number of hydrogen-bond acceptors (Lipinski definition) is 11. The lowest BCUT2D eigenvalue weighted by atomic mass is 9.42. The first-order chi connectivity index (χ1) is 41.8. The number of fused-ring (bicyclic) bond motifs is 13. The molecule has 9 aliphatic carbocycles. The number of benzene rings is 2. The number of methoxy groups -OCH3 is 1. The van der Waals surface area contributed by atoms with Crippen molar-refractivity contribution >= 4 is 17.4 Å². The third-order valence-electron chi connectivity index (χ3n) is 26.1. The lowest BCUT2D eigenvalue weighted by Gasteiger charge is -2.62. The Balaban J connectivity index is 0.961. The molecule has 7 N–H and O–H groups in total. The number of guanidine groups is 1. The van der Waals surface area contributed by atoms with Crippen molar-refractivity contribution in [1.82, 2.24) is 10.6 Å². The molecule has 0 amide bonds. The number of carbonyl (C=O) groups excluding carboxylic acids is 1.